The zero-order chi connectivity index (χ0) is 12.1. The Labute approximate surface area is 108 Å². The molecule has 3 heteroatoms. The lowest BCUT2D eigenvalue weighted by Crippen LogP contribution is -2.30. The standard InChI is InChI=1S/C14H20ClNO/c1-11(13-5-2-6-14(15)8-13)16-9-12-4-3-7-17-10-12/h2,5-6,8,11-12,16H,3-4,7,9-10H2,1H3/t11-,12?/m1/s1. The van der Waals surface area contributed by atoms with Crippen molar-refractivity contribution < 1.29 is 4.74 Å². The molecular weight excluding hydrogens is 234 g/mol. The summed E-state index contributed by atoms with van der Waals surface area (Å²) in [5, 5.41) is 4.36. The van der Waals surface area contributed by atoms with Gasteiger partial charge in [-0.3, -0.25) is 0 Å². The van der Waals surface area contributed by atoms with Gasteiger partial charge in [-0.1, -0.05) is 23.7 Å². The van der Waals surface area contributed by atoms with Crippen LogP contribution in [0.3, 0.4) is 0 Å². The molecule has 0 amide bonds. The molecule has 2 atom stereocenters. The number of hydrogen-bond donors (Lipinski definition) is 1. The van der Waals surface area contributed by atoms with Crippen LogP contribution < -0.4 is 5.32 Å². The van der Waals surface area contributed by atoms with Gasteiger partial charge in [0.15, 0.2) is 0 Å². The summed E-state index contributed by atoms with van der Waals surface area (Å²) in [6, 6.07) is 8.39. The van der Waals surface area contributed by atoms with Crippen LogP contribution in [0.25, 0.3) is 0 Å². The fourth-order valence-electron chi connectivity index (χ4n) is 2.21. The predicted octanol–water partition coefficient (Wildman–Crippen LogP) is 3.42. The highest BCUT2D eigenvalue weighted by molar-refractivity contribution is 6.30. The molecule has 0 aromatic heterocycles. The van der Waals surface area contributed by atoms with Crippen LogP contribution in [0.4, 0.5) is 0 Å². The minimum Gasteiger partial charge on any atom is -0.381 e. The molecule has 1 aromatic rings. The highest BCUT2D eigenvalue weighted by atomic mass is 35.5. The molecular formula is C14H20ClNO. The van der Waals surface area contributed by atoms with E-state index in [1.54, 1.807) is 0 Å². The second kappa shape index (κ2) is 6.39. The van der Waals surface area contributed by atoms with Gasteiger partial charge < -0.3 is 10.1 Å². The van der Waals surface area contributed by atoms with Gasteiger partial charge in [-0.15, -0.1) is 0 Å². The van der Waals surface area contributed by atoms with Crippen molar-refractivity contribution in [3.05, 3.63) is 34.9 Å². The third-order valence-electron chi connectivity index (χ3n) is 3.32. The Morgan fingerprint density at radius 2 is 2.41 bits per heavy atom. The smallest absolute Gasteiger partial charge is 0.0506 e. The van der Waals surface area contributed by atoms with Crippen molar-refractivity contribution in [2.45, 2.75) is 25.8 Å². The molecule has 1 aliphatic rings. The van der Waals surface area contributed by atoms with E-state index in [-0.39, 0.29) is 0 Å². The molecule has 0 aliphatic carbocycles. The summed E-state index contributed by atoms with van der Waals surface area (Å²) < 4.78 is 5.48. The first kappa shape index (κ1) is 12.9. The summed E-state index contributed by atoms with van der Waals surface area (Å²) >= 11 is 5.99. The van der Waals surface area contributed by atoms with Crippen LogP contribution in [0.5, 0.6) is 0 Å². The van der Waals surface area contributed by atoms with Gasteiger partial charge in [0.05, 0.1) is 6.61 Å². The maximum Gasteiger partial charge on any atom is 0.0506 e. The van der Waals surface area contributed by atoms with Gasteiger partial charge in [-0.25, -0.2) is 0 Å². The molecule has 1 aromatic carbocycles. The van der Waals surface area contributed by atoms with Crippen LogP contribution >= 0.6 is 11.6 Å². The number of nitrogens with one attached hydrogen (secondary N) is 1. The minimum absolute atomic E-state index is 0.343. The Morgan fingerprint density at radius 3 is 3.12 bits per heavy atom. The van der Waals surface area contributed by atoms with Crippen LogP contribution in [-0.2, 0) is 4.74 Å². The van der Waals surface area contributed by atoms with E-state index in [4.69, 9.17) is 16.3 Å². The van der Waals surface area contributed by atoms with Crippen molar-refractivity contribution in [2.24, 2.45) is 5.92 Å². The van der Waals surface area contributed by atoms with Crippen molar-refractivity contribution in [1.82, 2.24) is 5.32 Å². The fraction of sp³-hybridized carbons (Fsp3) is 0.571. The molecule has 0 saturated carbocycles. The van der Waals surface area contributed by atoms with Gasteiger partial charge in [0, 0.05) is 24.2 Å². The van der Waals surface area contributed by atoms with E-state index in [1.165, 1.54) is 18.4 Å². The number of halogens is 1. The number of benzene rings is 1. The maximum atomic E-state index is 5.99. The quantitative estimate of drug-likeness (QED) is 0.888. The third-order valence-corrected chi connectivity index (χ3v) is 3.55. The Bertz CT molecular complexity index is 350. The lowest BCUT2D eigenvalue weighted by molar-refractivity contribution is 0.0540. The highest BCUT2D eigenvalue weighted by Crippen LogP contribution is 2.19. The highest BCUT2D eigenvalue weighted by Gasteiger charge is 2.15. The summed E-state index contributed by atoms with van der Waals surface area (Å²) in [6.07, 6.45) is 2.47. The Hall–Kier alpha value is -0.570. The first-order valence-electron chi connectivity index (χ1n) is 6.32. The molecule has 0 bridgehead atoms. The fourth-order valence-corrected chi connectivity index (χ4v) is 2.40. The first-order valence-corrected chi connectivity index (χ1v) is 6.70. The van der Waals surface area contributed by atoms with Crippen LogP contribution in [-0.4, -0.2) is 19.8 Å². The van der Waals surface area contributed by atoms with E-state index in [9.17, 15) is 0 Å². The van der Waals surface area contributed by atoms with E-state index in [2.05, 4.69) is 18.3 Å². The molecule has 0 spiro atoms. The second-order valence-corrected chi connectivity index (χ2v) is 5.20. The molecule has 1 fully saturated rings. The van der Waals surface area contributed by atoms with Crippen LogP contribution in [0, 0.1) is 5.92 Å². The van der Waals surface area contributed by atoms with Gasteiger partial charge in [0.1, 0.15) is 0 Å². The molecule has 1 unspecified atom stereocenters. The molecule has 1 aliphatic heterocycles. The van der Waals surface area contributed by atoms with Gasteiger partial charge in [-0.05, 0) is 43.4 Å². The van der Waals surface area contributed by atoms with Gasteiger partial charge in [-0.2, -0.15) is 0 Å². The Balaban J connectivity index is 1.82. The van der Waals surface area contributed by atoms with Crippen molar-refractivity contribution in [1.29, 1.82) is 0 Å². The van der Waals surface area contributed by atoms with Crippen molar-refractivity contribution in [3.8, 4) is 0 Å². The van der Waals surface area contributed by atoms with E-state index < -0.39 is 0 Å². The summed E-state index contributed by atoms with van der Waals surface area (Å²) in [5.41, 5.74) is 1.24. The zero-order valence-corrected chi connectivity index (χ0v) is 11.0. The molecule has 94 valence electrons. The second-order valence-electron chi connectivity index (χ2n) is 4.77. The average molecular weight is 254 g/mol. The largest absolute Gasteiger partial charge is 0.381 e. The van der Waals surface area contributed by atoms with Gasteiger partial charge >= 0.3 is 0 Å². The molecule has 2 nitrogen and oxygen atoms in total. The minimum atomic E-state index is 0.343. The van der Waals surface area contributed by atoms with Crippen LogP contribution in [0.15, 0.2) is 24.3 Å². The number of ether oxygens (including phenoxy) is 1. The lowest BCUT2D eigenvalue weighted by atomic mass is 10.0. The Kier molecular flexibility index (Phi) is 4.84. The summed E-state index contributed by atoms with van der Waals surface area (Å²) in [4.78, 5) is 0. The van der Waals surface area contributed by atoms with Crippen molar-refractivity contribution in [3.63, 3.8) is 0 Å². The number of rotatable bonds is 4. The molecule has 0 radical (unpaired) electrons. The van der Waals surface area contributed by atoms with Crippen LogP contribution in [0.2, 0.25) is 5.02 Å². The third kappa shape index (κ3) is 3.98. The van der Waals surface area contributed by atoms with E-state index in [0.717, 1.165) is 24.8 Å². The van der Waals surface area contributed by atoms with E-state index in [0.29, 0.717) is 12.0 Å². The van der Waals surface area contributed by atoms with E-state index in [1.807, 2.05) is 18.2 Å². The summed E-state index contributed by atoms with van der Waals surface area (Å²) in [5.74, 6) is 0.658. The van der Waals surface area contributed by atoms with Crippen molar-refractivity contribution in [2.75, 3.05) is 19.8 Å². The van der Waals surface area contributed by atoms with Gasteiger partial charge in [0.2, 0.25) is 0 Å². The molecule has 1 N–H and O–H groups in total. The first-order chi connectivity index (χ1) is 8.25. The molecule has 2 rings (SSSR count). The molecule has 17 heavy (non-hydrogen) atoms. The Morgan fingerprint density at radius 1 is 1.53 bits per heavy atom. The molecule has 1 saturated heterocycles. The average Bonchev–Trinajstić information content (AvgIpc) is 2.37. The zero-order valence-electron chi connectivity index (χ0n) is 10.3. The number of hydrogen-bond acceptors (Lipinski definition) is 2. The monoisotopic (exact) mass is 253 g/mol. The SMILES string of the molecule is C[C@@H](NCC1CCCOC1)c1cccc(Cl)c1. The van der Waals surface area contributed by atoms with Crippen molar-refractivity contribution >= 4 is 11.6 Å². The molecule has 1 heterocycles. The van der Waals surface area contributed by atoms with Gasteiger partial charge in [0.25, 0.3) is 0 Å². The summed E-state index contributed by atoms with van der Waals surface area (Å²) in [7, 11) is 0. The van der Waals surface area contributed by atoms with Crippen LogP contribution in [0.1, 0.15) is 31.4 Å². The normalized spacial score (nSPS) is 22.4. The van der Waals surface area contributed by atoms with E-state index >= 15 is 0 Å². The lowest BCUT2D eigenvalue weighted by Gasteiger charge is -2.24. The summed E-state index contributed by atoms with van der Waals surface area (Å²) in [6.45, 7) is 5.03. The topological polar surface area (TPSA) is 21.3 Å². The maximum absolute atomic E-state index is 5.99. The predicted molar refractivity (Wildman–Crippen MR) is 71.4 cm³/mol.